The number of carbonyl (C=O) groups is 3. The van der Waals surface area contributed by atoms with Crippen LogP contribution in [0.1, 0.15) is 41.2 Å². The number of carbonyl (C=O) groups excluding carboxylic acids is 3. The molecule has 222 valence electrons. The molecule has 1 N–H and O–H groups in total. The number of nitrogens with one attached hydrogen (secondary N) is 1. The highest BCUT2D eigenvalue weighted by molar-refractivity contribution is 5.95. The summed E-state index contributed by atoms with van der Waals surface area (Å²) in [5, 5.41) is 8.13. The molecule has 2 aliphatic heterocycles. The predicted octanol–water partition coefficient (Wildman–Crippen LogP) is 2.89. The van der Waals surface area contributed by atoms with E-state index < -0.39 is 5.92 Å². The summed E-state index contributed by atoms with van der Waals surface area (Å²) < 4.78 is 7.78. The lowest BCUT2D eigenvalue weighted by Gasteiger charge is -2.25. The Balaban J connectivity index is 1.16. The number of rotatable bonds is 5. The summed E-state index contributed by atoms with van der Waals surface area (Å²) in [7, 11) is 0. The Morgan fingerprint density at radius 3 is 2.74 bits per heavy atom. The Bertz CT molecular complexity index is 1590. The van der Waals surface area contributed by atoms with Crippen LogP contribution < -0.4 is 10.1 Å². The van der Waals surface area contributed by atoms with Gasteiger partial charge in [-0.1, -0.05) is 36.4 Å². The zero-order valence-electron chi connectivity index (χ0n) is 24.0. The summed E-state index contributed by atoms with van der Waals surface area (Å²) >= 11 is 0. The Labute approximate surface area is 249 Å². The number of fused-ring (bicyclic) bond motifs is 5. The number of aromatic nitrogens is 4. The van der Waals surface area contributed by atoms with Crippen LogP contribution in [0.5, 0.6) is 5.75 Å². The highest BCUT2D eigenvalue weighted by atomic mass is 16.5. The van der Waals surface area contributed by atoms with Crippen LogP contribution in [-0.4, -0.2) is 86.6 Å². The molecule has 2 bridgehead atoms. The van der Waals surface area contributed by atoms with Gasteiger partial charge in [0.25, 0.3) is 5.91 Å². The third kappa shape index (κ3) is 6.66. The summed E-state index contributed by atoms with van der Waals surface area (Å²) in [5.74, 6) is -0.155. The molecule has 0 radical (unpaired) electrons. The normalized spacial score (nSPS) is 19.3. The van der Waals surface area contributed by atoms with Gasteiger partial charge in [-0.05, 0) is 42.7 Å². The first kappa shape index (κ1) is 28.3. The lowest BCUT2D eigenvalue weighted by molar-refractivity contribution is -0.130. The molecular formula is C32H35N7O4. The minimum absolute atomic E-state index is 0.0189. The van der Waals surface area contributed by atoms with Crippen molar-refractivity contribution in [2.75, 3.05) is 39.3 Å². The van der Waals surface area contributed by atoms with Crippen molar-refractivity contribution < 1.29 is 19.1 Å². The SMILES string of the molecule is O=C1NCCN(C(=O)c2ccc3ccccc3n2)CCCOc2cccc(c2)[C@H]2CN(C(=O)CCCn3cncn3)C[C@H]12. The zero-order chi connectivity index (χ0) is 29.6. The number of benzene rings is 2. The number of pyridine rings is 1. The molecule has 0 aliphatic carbocycles. The van der Waals surface area contributed by atoms with E-state index in [1.807, 2.05) is 54.6 Å². The largest absolute Gasteiger partial charge is 0.494 e. The molecular weight excluding hydrogens is 546 g/mol. The smallest absolute Gasteiger partial charge is 0.272 e. The van der Waals surface area contributed by atoms with Gasteiger partial charge in [-0.15, -0.1) is 0 Å². The molecule has 3 amide bonds. The molecule has 6 rings (SSSR count). The van der Waals surface area contributed by atoms with E-state index in [-0.39, 0.29) is 23.6 Å². The van der Waals surface area contributed by atoms with Crippen LogP contribution in [0.4, 0.5) is 0 Å². The van der Waals surface area contributed by atoms with E-state index in [9.17, 15) is 14.4 Å². The van der Waals surface area contributed by atoms with Gasteiger partial charge in [0.2, 0.25) is 11.8 Å². The van der Waals surface area contributed by atoms with Crippen molar-refractivity contribution in [3.63, 3.8) is 0 Å². The molecule has 43 heavy (non-hydrogen) atoms. The van der Waals surface area contributed by atoms with Crippen LogP contribution >= 0.6 is 0 Å². The first-order valence-corrected chi connectivity index (χ1v) is 14.8. The minimum Gasteiger partial charge on any atom is -0.494 e. The number of likely N-dealkylation sites (tertiary alicyclic amines) is 1. The molecule has 11 heteroatoms. The van der Waals surface area contributed by atoms with E-state index in [0.29, 0.717) is 76.6 Å². The van der Waals surface area contributed by atoms with Crippen molar-refractivity contribution in [2.45, 2.75) is 31.7 Å². The first-order chi connectivity index (χ1) is 21.0. The summed E-state index contributed by atoms with van der Waals surface area (Å²) in [4.78, 5) is 52.3. The lowest BCUT2D eigenvalue weighted by atomic mass is 9.88. The van der Waals surface area contributed by atoms with E-state index in [2.05, 4.69) is 20.4 Å². The molecule has 0 spiro atoms. The van der Waals surface area contributed by atoms with Crippen LogP contribution in [0, 0.1) is 5.92 Å². The highest BCUT2D eigenvalue weighted by Crippen LogP contribution is 2.35. The second-order valence-electron chi connectivity index (χ2n) is 11.0. The van der Waals surface area contributed by atoms with Crippen molar-refractivity contribution in [1.29, 1.82) is 0 Å². The van der Waals surface area contributed by atoms with Crippen LogP contribution in [0.3, 0.4) is 0 Å². The van der Waals surface area contributed by atoms with Gasteiger partial charge in [-0.25, -0.2) is 9.97 Å². The van der Waals surface area contributed by atoms with Gasteiger partial charge >= 0.3 is 0 Å². The van der Waals surface area contributed by atoms with E-state index in [4.69, 9.17) is 4.74 Å². The van der Waals surface area contributed by atoms with Gasteiger partial charge in [-0.2, -0.15) is 5.10 Å². The average molecular weight is 582 g/mol. The number of hydrogen-bond acceptors (Lipinski definition) is 7. The van der Waals surface area contributed by atoms with Crippen LogP contribution in [0.2, 0.25) is 0 Å². The van der Waals surface area contributed by atoms with E-state index in [0.717, 1.165) is 16.5 Å². The number of para-hydroxylation sites is 1. The first-order valence-electron chi connectivity index (χ1n) is 14.8. The third-order valence-corrected chi connectivity index (χ3v) is 8.17. The van der Waals surface area contributed by atoms with Crippen molar-refractivity contribution in [1.82, 2.24) is 34.9 Å². The molecule has 11 nitrogen and oxygen atoms in total. The summed E-state index contributed by atoms with van der Waals surface area (Å²) in [6.07, 6.45) is 4.74. The summed E-state index contributed by atoms with van der Waals surface area (Å²) in [6, 6.07) is 19.1. The molecule has 1 fully saturated rings. The minimum atomic E-state index is -0.413. The van der Waals surface area contributed by atoms with E-state index in [1.165, 1.54) is 6.33 Å². The van der Waals surface area contributed by atoms with Crippen LogP contribution in [0.25, 0.3) is 10.9 Å². The second-order valence-corrected chi connectivity index (χ2v) is 11.0. The van der Waals surface area contributed by atoms with Gasteiger partial charge in [0.15, 0.2) is 0 Å². The van der Waals surface area contributed by atoms with Crippen molar-refractivity contribution in [3.05, 3.63) is 84.6 Å². The van der Waals surface area contributed by atoms with Crippen molar-refractivity contribution >= 4 is 28.6 Å². The monoisotopic (exact) mass is 581 g/mol. The van der Waals surface area contributed by atoms with Gasteiger partial charge in [0.1, 0.15) is 24.1 Å². The molecule has 0 saturated carbocycles. The fraction of sp³-hybridized carbons (Fsp3) is 0.375. The van der Waals surface area contributed by atoms with Gasteiger partial charge < -0.3 is 19.9 Å². The number of aryl methyl sites for hydroxylation is 1. The molecule has 2 aliphatic rings. The van der Waals surface area contributed by atoms with Crippen molar-refractivity contribution in [3.8, 4) is 5.75 Å². The number of nitrogens with zero attached hydrogens (tertiary/aromatic N) is 6. The molecule has 4 heterocycles. The number of hydrogen-bond donors (Lipinski definition) is 1. The number of ether oxygens (including phenoxy) is 1. The lowest BCUT2D eigenvalue weighted by Crippen LogP contribution is -2.42. The standard InChI is InChI=1S/C32H35N7O4/c40-30(10-4-15-39-22-33-21-35-39)38-19-26-24-7-3-8-25(18-24)43-17-5-14-37(16-13-34-31(41)27(26)20-38)32(42)29-12-11-23-6-1-2-9-28(23)36-29/h1-3,6-9,11-12,18,21-22,26-27H,4-5,10,13-17,19-20H2,(H,34,41)/t26-,27+/m1/s1. The van der Waals surface area contributed by atoms with Crippen LogP contribution in [0.15, 0.2) is 73.3 Å². The Kier molecular flexibility index (Phi) is 8.57. The summed E-state index contributed by atoms with van der Waals surface area (Å²) in [5.41, 5.74) is 2.11. The summed E-state index contributed by atoms with van der Waals surface area (Å²) in [6.45, 7) is 2.95. The Hall–Kier alpha value is -4.80. The quantitative estimate of drug-likeness (QED) is 0.385. The molecule has 2 atom stereocenters. The van der Waals surface area contributed by atoms with Gasteiger partial charge in [0.05, 0.1) is 18.0 Å². The van der Waals surface area contributed by atoms with E-state index >= 15 is 0 Å². The van der Waals surface area contributed by atoms with Crippen LogP contribution in [-0.2, 0) is 16.1 Å². The maximum Gasteiger partial charge on any atom is 0.272 e. The van der Waals surface area contributed by atoms with E-state index in [1.54, 1.807) is 26.9 Å². The third-order valence-electron chi connectivity index (χ3n) is 8.17. The maximum absolute atomic E-state index is 13.6. The topological polar surface area (TPSA) is 123 Å². The van der Waals surface area contributed by atoms with Gasteiger partial charge in [-0.3, -0.25) is 19.1 Å². The Morgan fingerprint density at radius 2 is 1.86 bits per heavy atom. The fourth-order valence-corrected chi connectivity index (χ4v) is 5.90. The average Bonchev–Trinajstić information content (AvgIpc) is 3.72. The molecule has 1 saturated heterocycles. The highest BCUT2D eigenvalue weighted by Gasteiger charge is 2.40. The maximum atomic E-state index is 13.6. The fourth-order valence-electron chi connectivity index (χ4n) is 5.90. The predicted molar refractivity (Wildman–Crippen MR) is 159 cm³/mol. The zero-order valence-corrected chi connectivity index (χ0v) is 24.0. The van der Waals surface area contributed by atoms with Gasteiger partial charge in [0, 0.05) is 57.0 Å². The molecule has 2 aromatic carbocycles. The molecule has 4 aromatic rings. The van der Waals surface area contributed by atoms with Crippen molar-refractivity contribution in [2.24, 2.45) is 5.92 Å². The molecule has 2 aromatic heterocycles. The number of amides is 3. The second kappa shape index (κ2) is 13.0. The Morgan fingerprint density at radius 1 is 0.977 bits per heavy atom. The molecule has 0 unspecified atom stereocenters.